The van der Waals surface area contributed by atoms with Crippen molar-refractivity contribution >= 4 is 5.91 Å². The van der Waals surface area contributed by atoms with Crippen LogP contribution in [0.15, 0.2) is 30.3 Å². The van der Waals surface area contributed by atoms with E-state index in [1.807, 2.05) is 51.1 Å². The number of rotatable bonds is 7. The number of benzene rings is 1. The Kier molecular flexibility index (Phi) is 5.93. The lowest BCUT2D eigenvalue weighted by Crippen LogP contribution is -2.37. The SMILES string of the molecule is Cc1n[nH]c(C)c1CC(C)C(=O)NCC(O)Cc1ccccc1. The number of aliphatic hydroxyl groups excluding tert-OH is 1. The molecule has 124 valence electrons. The average Bonchev–Trinajstić information content (AvgIpc) is 2.85. The van der Waals surface area contributed by atoms with Crippen LogP contribution in [0.1, 0.15) is 29.4 Å². The zero-order valence-electron chi connectivity index (χ0n) is 14.0. The molecule has 1 aromatic carbocycles. The van der Waals surface area contributed by atoms with E-state index in [0.29, 0.717) is 12.8 Å². The lowest BCUT2D eigenvalue weighted by Gasteiger charge is -2.15. The van der Waals surface area contributed by atoms with Gasteiger partial charge in [0.25, 0.3) is 0 Å². The zero-order chi connectivity index (χ0) is 16.8. The Morgan fingerprint density at radius 1 is 1.26 bits per heavy atom. The summed E-state index contributed by atoms with van der Waals surface area (Å²) in [6.07, 6.45) is 0.607. The van der Waals surface area contributed by atoms with Gasteiger partial charge in [0.2, 0.25) is 5.91 Å². The Bertz CT molecular complexity index is 617. The Balaban J connectivity index is 1.80. The standard InChI is InChI=1S/C18H25N3O2/c1-12(9-17-13(2)20-21-14(17)3)18(23)19-11-16(22)10-15-7-5-4-6-8-15/h4-8,12,16,22H,9-11H2,1-3H3,(H,19,23)(H,20,21). The van der Waals surface area contributed by atoms with Crippen LogP contribution in [0.3, 0.4) is 0 Å². The van der Waals surface area contributed by atoms with Crippen molar-refractivity contribution in [3.05, 3.63) is 52.8 Å². The molecule has 2 rings (SSSR count). The van der Waals surface area contributed by atoms with E-state index < -0.39 is 6.10 Å². The average molecular weight is 315 g/mol. The highest BCUT2D eigenvalue weighted by Gasteiger charge is 2.18. The molecule has 3 N–H and O–H groups in total. The van der Waals surface area contributed by atoms with Crippen LogP contribution in [0.2, 0.25) is 0 Å². The van der Waals surface area contributed by atoms with Crippen LogP contribution in [-0.2, 0) is 17.6 Å². The third-order valence-electron chi connectivity index (χ3n) is 4.06. The maximum Gasteiger partial charge on any atom is 0.223 e. The number of carbonyl (C=O) groups is 1. The highest BCUT2D eigenvalue weighted by atomic mass is 16.3. The number of H-pyrrole nitrogens is 1. The van der Waals surface area contributed by atoms with Gasteiger partial charge in [-0.1, -0.05) is 37.3 Å². The summed E-state index contributed by atoms with van der Waals surface area (Å²) in [4.78, 5) is 12.2. The molecular formula is C18H25N3O2. The molecule has 0 bridgehead atoms. The maximum atomic E-state index is 12.2. The Morgan fingerprint density at radius 2 is 1.96 bits per heavy atom. The van der Waals surface area contributed by atoms with Crippen molar-refractivity contribution in [2.24, 2.45) is 5.92 Å². The number of hydrogen-bond acceptors (Lipinski definition) is 3. The summed E-state index contributed by atoms with van der Waals surface area (Å²) in [6, 6.07) is 9.77. The molecule has 0 radical (unpaired) electrons. The molecular weight excluding hydrogens is 290 g/mol. The quantitative estimate of drug-likeness (QED) is 0.730. The fourth-order valence-electron chi connectivity index (χ4n) is 2.62. The van der Waals surface area contributed by atoms with E-state index in [0.717, 1.165) is 22.5 Å². The van der Waals surface area contributed by atoms with Gasteiger partial charge < -0.3 is 10.4 Å². The molecule has 1 heterocycles. The topological polar surface area (TPSA) is 78.0 Å². The minimum atomic E-state index is -0.578. The van der Waals surface area contributed by atoms with Gasteiger partial charge >= 0.3 is 0 Å². The second-order valence-electron chi connectivity index (χ2n) is 6.11. The predicted octanol–water partition coefficient (Wildman–Crippen LogP) is 1.92. The molecule has 0 aliphatic carbocycles. The van der Waals surface area contributed by atoms with E-state index in [9.17, 15) is 9.90 Å². The number of aliphatic hydroxyl groups is 1. The number of hydrogen-bond donors (Lipinski definition) is 3. The number of aryl methyl sites for hydroxylation is 2. The molecule has 23 heavy (non-hydrogen) atoms. The van der Waals surface area contributed by atoms with Crippen molar-refractivity contribution in [3.8, 4) is 0 Å². The molecule has 5 heteroatoms. The van der Waals surface area contributed by atoms with Crippen molar-refractivity contribution in [2.45, 2.75) is 39.7 Å². The van der Waals surface area contributed by atoms with Gasteiger partial charge in [0.1, 0.15) is 0 Å². The summed E-state index contributed by atoms with van der Waals surface area (Å²) < 4.78 is 0. The predicted molar refractivity (Wildman–Crippen MR) is 90.1 cm³/mol. The van der Waals surface area contributed by atoms with Gasteiger partial charge in [-0.05, 0) is 31.4 Å². The highest BCUT2D eigenvalue weighted by Crippen LogP contribution is 2.15. The van der Waals surface area contributed by atoms with Gasteiger partial charge in [0.15, 0.2) is 0 Å². The Hall–Kier alpha value is -2.14. The summed E-state index contributed by atoms with van der Waals surface area (Å²) in [5.41, 5.74) is 4.10. The molecule has 0 aliphatic rings. The van der Waals surface area contributed by atoms with Gasteiger partial charge in [0.05, 0.1) is 11.8 Å². The summed E-state index contributed by atoms with van der Waals surface area (Å²) in [6.45, 7) is 6.06. The van der Waals surface area contributed by atoms with Gasteiger partial charge in [-0.15, -0.1) is 0 Å². The first-order chi connectivity index (χ1) is 11.0. The molecule has 0 aliphatic heterocycles. The third kappa shape index (κ3) is 4.93. The zero-order valence-corrected chi connectivity index (χ0v) is 14.0. The van der Waals surface area contributed by atoms with E-state index >= 15 is 0 Å². The van der Waals surface area contributed by atoms with E-state index in [1.165, 1.54) is 0 Å². The smallest absolute Gasteiger partial charge is 0.223 e. The van der Waals surface area contributed by atoms with Crippen LogP contribution in [0, 0.1) is 19.8 Å². The lowest BCUT2D eigenvalue weighted by atomic mass is 9.99. The van der Waals surface area contributed by atoms with Crippen LogP contribution >= 0.6 is 0 Å². The van der Waals surface area contributed by atoms with Crippen LogP contribution in [0.25, 0.3) is 0 Å². The van der Waals surface area contributed by atoms with Crippen molar-refractivity contribution in [1.29, 1.82) is 0 Å². The summed E-state index contributed by atoms with van der Waals surface area (Å²) in [7, 11) is 0. The summed E-state index contributed by atoms with van der Waals surface area (Å²) in [5, 5.41) is 20.0. The van der Waals surface area contributed by atoms with E-state index in [2.05, 4.69) is 15.5 Å². The third-order valence-corrected chi connectivity index (χ3v) is 4.06. The largest absolute Gasteiger partial charge is 0.391 e. The fraction of sp³-hybridized carbons (Fsp3) is 0.444. The minimum Gasteiger partial charge on any atom is -0.391 e. The van der Waals surface area contributed by atoms with Crippen molar-refractivity contribution < 1.29 is 9.90 Å². The van der Waals surface area contributed by atoms with Crippen LogP contribution in [0.4, 0.5) is 0 Å². The van der Waals surface area contributed by atoms with Crippen molar-refractivity contribution in [3.63, 3.8) is 0 Å². The number of nitrogens with one attached hydrogen (secondary N) is 2. The second-order valence-corrected chi connectivity index (χ2v) is 6.11. The fourth-order valence-corrected chi connectivity index (χ4v) is 2.62. The normalized spacial score (nSPS) is 13.6. The molecule has 2 aromatic rings. The first-order valence-corrected chi connectivity index (χ1v) is 7.97. The van der Waals surface area contributed by atoms with E-state index in [-0.39, 0.29) is 18.4 Å². The molecule has 1 aromatic heterocycles. The number of carbonyl (C=O) groups excluding carboxylic acids is 1. The molecule has 1 amide bonds. The van der Waals surface area contributed by atoms with Crippen molar-refractivity contribution in [2.75, 3.05) is 6.54 Å². The maximum absolute atomic E-state index is 12.2. The number of nitrogens with zero attached hydrogens (tertiary/aromatic N) is 1. The number of aromatic amines is 1. The van der Waals surface area contributed by atoms with Gasteiger partial charge in [-0.25, -0.2) is 0 Å². The van der Waals surface area contributed by atoms with E-state index in [1.54, 1.807) is 0 Å². The van der Waals surface area contributed by atoms with Gasteiger partial charge in [-0.3, -0.25) is 9.89 Å². The first-order valence-electron chi connectivity index (χ1n) is 7.97. The molecule has 0 saturated heterocycles. The van der Waals surface area contributed by atoms with Crippen LogP contribution in [0.5, 0.6) is 0 Å². The molecule has 0 spiro atoms. The molecule has 0 fully saturated rings. The molecule has 5 nitrogen and oxygen atoms in total. The van der Waals surface area contributed by atoms with Gasteiger partial charge in [0, 0.05) is 24.6 Å². The van der Waals surface area contributed by atoms with Crippen molar-refractivity contribution in [1.82, 2.24) is 15.5 Å². The minimum absolute atomic E-state index is 0.0443. The molecule has 2 unspecified atom stereocenters. The Labute approximate surface area is 137 Å². The number of amides is 1. The Morgan fingerprint density at radius 3 is 2.57 bits per heavy atom. The molecule has 2 atom stereocenters. The molecule has 0 saturated carbocycles. The first kappa shape index (κ1) is 17.2. The lowest BCUT2D eigenvalue weighted by molar-refractivity contribution is -0.124. The summed E-state index contributed by atoms with van der Waals surface area (Å²) in [5.74, 6) is -0.203. The van der Waals surface area contributed by atoms with Crippen LogP contribution in [-0.4, -0.2) is 33.9 Å². The van der Waals surface area contributed by atoms with Gasteiger partial charge in [-0.2, -0.15) is 5.10 Å². The second kappa shape index (κ2) is 7.92. The monoisotopic (exact) mass is 315 g/mol. The highest BCUT2D eigenvalue weighted by molar-refractivity contribution is 5.78. The summed E-state index contributed by atoms with van der Waals surface area (Å²) >= 11 is 0. The van der Waals surface area contributed by atoms with E-state index in [4.69, 9.17) is 0 Å². The van der Waals surface area contributed by atoms with Crippen LogP contribution < -0.4 is 5.32 Å². The number of aromatic nitrogens is 2.